The van der Waals surface area contributed by atoms with Crippen LogP contribution in [0.1, 0.15) is 45.4 Å². The number of rotatable bonds is 10. The number of unbranched alkanes of at least 4 members (excludes halogenated alkanes) is 5. The summed E-state index contributed by atoms with van der Waals surface area (Å²) in [6.45, 7) is 13.2. The second-order valence-corrected chi connectivity index (χ2v) is 9.63. The van der Waals surface area contributed by atoms with Gasteiger partial charge in [-0.15, -0.1) is 0 Å². The molecule has 0 heterocycles. The topological polar surface area (TPSA) is 18.5 Å². The first-order valence-electron chi connectivity index (χ1n) is 6.46. The molecular formula is C13H28O2Si. The van der Waals surface area contributed by atoms with E-state index in [-0.39, 0.29) is 0 Å². The second kappa shape index (κ2) is 8.68. The van der Waals surface area contributed by atoms with Gasteiger partial charge in [0.15, 0.2) is 0 Å². The third-order valence-electron chi connectivity index (χ3n) is 2.18. The number of ether oxygens (including phenoxy) is 1. The Morgan fingerprint density at radius 1 is 1.00 bits per heavy atom. The Bertz CT molecular complexity index is 185. The summed E-state index contributed by atoms with van der Waals surface area (Å²) in [5, 5.41) is 0. The predicted molar refractivity (Wildman–Crippen MR) is 72.9 cm³/mol. The molecule has 0 aromatic carbocycles. The van der Waals surface area contributed by atoms with Gasteiger partial charge in [0.1, 0.15) is 0 Å². The molecule has 0 aliphatic rings. The van der Waals surface area contributed by atoms with Crippen molar-refractivity contribution in [2.75, 3.05) is 6.61 Å². The molecule has 0 aliphatic carbocycles. The minimum atomic E-state index is -1.53. The summed E-state index contributed by atoms with van der Waals surface area (Å²) in [6, 6.07) is 0. The molecule has 0 fully saturated rings. The normalized spacial score (nSPS) is 11.2. The molecule has 16 heavy (non-hydrogen) atoms. The van der Waals surface area contributed by atoms with Gasteiger partial charge in [-0.3, -0.25) is 0 Å². The van der Waals surface area contributed by atoms with Crippen molar-refractivity contribution >= 4 is 8.32 Å². The van der Waals surface area contributed by atoms with Crippen molar-refractivity contribution in [3.8, 4) is 0 Å². The Morgan fingerprint density at radius 3 is 2.12 bits per heavy atom. The van der Waals surface area contributed by atoms with Crippen molar-refractivity contribution in [2.45, 2.75) is 65.1 Å². The van der Waals surface area contributed by atoms with E-state index in [0.29, 0.717) is 5.95 Å². The molecule has 0 radical (unpaired) electrons. The highest BCUT2D eigenvalue weighted by molar-refractivity contribution is 6.69. The molecule has 0 aromatic rings. The van der Waals surface area contributed by atoms with E-state index in [1.807, 2.05) is 0 Å². The Kier molecular flexibility index (Phi) is 8.44. The van der Waals surface area contributed by atoms with Crippen LogP contribution in [0.5, 0.6) is 0 Å². The van der Waals surface area contributed by atoms with E-state index in [9.17, 15) is 0 Å². The second-order valence-electron chi connectivity index (χ2n) is 5.20. The lowest BCUT2D eigenvalue weighted by atomic mass is 10.1. The van der Waals surface area contributed by atoms with E-state index < -0.39 is 8.32 Å². The molecule has 0 N–H and O–H groups in total. The first-order chi connectivity index (χ1) is 7.45. The summed E-state index contributed by atoms with van der Waals surface area (Å²) in [5.41, 5.74) is 0. The first-order valence-corrected chi connectivity index (χ1v) is 9.87. The summed E-state index contributed by atoms with van der Waals surface area (Å²) in [6.07, 6.45) is 7.68. The van der Waals surface area contributed by atoms with Gasteiger partial charge in [-0.05, 0) is 32.6 Å². The number of hydrogen-bond donors (Lipinski definition) is 0. The van der Waals surface area contributed by atoms with Crippen LogP contribution in [0.15, 0.2) is 12.5 Å². The highest BCUT2D eigenvalue weighted by Crippen LogP contribution is 2.11. The van der Waals surface area contributed by atoms with Gasteiger partial charge in [0.25, 0.3) is 5.95 Å². The fourth-order valence-electron chi connectivity index (χ4n) is 1.44. The van der Waals surface area contributed by atoms with Crippen LogP contribution in [0, 0.1) is 0 Å². The van der Waals surface area contributed by atoms with Gasteiger partial charge in [0, 0.05) is 0 Å². The van der Waals surface area contributed by atoms with Crippen LogP contribution in [0.25, 0.3) is 0 Å². The number of hydrogen-bond acceptors (Lipinski definition) is 2. The van der Waals surface area contributed by atoms with Gasteiger partial charge in [0.05, 0.1) is 6.61 Å². The molecule has 2 nitrogen and oxygen atoms in total. The third-order valence-corrected chi connectivity index (χ3v) is 3.02. The lowest BCUT2D eigenvalue weighted by molar-refractivity contribution is 0.102. The van der Waals surface area contributed by atoms with Crippen molar-refractivity contribution < 1.29 is 9.16 Å². The van der Waals surface area contributed by atoms with Gasteiger partial charge in [-0.25, -0.2) is 0 Å². The lowest BCUT2D eigenvalue weighted by Gasteiger charge is -2.20. The van der Waals surface area contributed by atoms with E-state index in [1.165, 1.54) is 32.1 Å². The van der Waals surface area contributed by atoms with Crippen LogP contribution >= 0.6 is 0 Å². The maximum absolute atomic E-state index is 5.60. The zero-order valence-corrected chi connectivity index (χ0v) is 12.5. The van der Waals surface area contributed by atoms with Gasteiger partial charge in [-0.2, -0.15) is 0 Å². The van der Waals surface area contributed by atoms with Crippen molar-refractivity contribution in [1.82, 2.24) is 0 Å². The van der Waals surface area contributed by atoms with E-state index in [1.54, 1.807) is 0 Å². The van der Waals surface area contributed by atoms with E-state index in [2.05, 4.69) is 33.1 Å². The molecule has 96 valence electrons. The quantitative estimate of drug-likeness (QED) is 0.315. The molecule has 0 aliphatic heterocycles. The van der Waals surface area contributed by atoms with Crippen molar-refractivity contribution in [3.05, 3.63) is 12.5 Å². The summed E-state index contributed by atoms with van der Waals surface area (Å²) in [7, 11) is -1.53. The molecule has 0 rings (SSSR count). The highest BCUT2D eigenvalue weighted by Gasteiger charge is 2.17. The zero-order chi connectivity index (χ0) is 12.4. The van der Waals surface area contributed by atoms with Gasteiger partial charge in [-0.1, -0.05) is 39.0 Å². The van der Waals surface area contributed by atoms with Crippen molar-refractivity contribution in [3.63, 3.8) is 0 Å². The predicted octanol–water partition coefficient (Wildman–Crippen LogP) is 4.69. The van der Waals surface area contributed by atoms with Crippen LogP contribution in [0.3, 0.4) is 0 Å². The summed E-state index contributed by atoms with van der Waals surface area (Å²) >= 11 is 0. The molecule has 0 saturated heterocycles. The fourth-order valence-corrected chi connectivity index (χ4v) is 2.18. The van der Waals surface area contributed by atoms with Gasteiger partial charge >= 0.3 is 0 Å². The van der Waals surface area contributed by atoms with Crippen LogP contribution in [-0.4, -0.2) is 14.9 Å². The molecule has 0 atom stereocenters. The van der Waals surface area contributed by atoms with E-state index >= 15 is 0 Å². The monoisotopic (exact) mass is 244 g/mol. The molecule has 0 saturated carbocycles. The summed E-state index contributed by atoms with van der Waals surface area (Å²) < 4.78 is 11.0. The molecule has 0 spiro atoms. The Balaban J connectivity index is 3.28. The third kappa shape index (κ3) is 11.6. The standard InChI is InChI=1S/C13H28O2Si/c1-6-7-8-9-10-11-12-14-13(2)15-16(3,4)5/h2,6-12H2,1,3-5H3. The maximum atomic E-state index is 5.60. The molecule has 3 heteroatoms. The largest absolute Gasteiger partial charge is 0.520 e. The van der Waals surface area contributed by atoms with Crippen molar-refractivity contribution in [2.24, 2.45) is 0 Å². The summed E-state index contributed by atoms with van der Waals surface area (Å²) in [4.78, 5) is 0. The molecule has 0 unspecified atom stereocenters. The molecule has 0 bridgehead atoms. The summed E-state index contributed by atoms with van der Waals surface area (Å²) in [5.74, 6) is 0.507. The highest BCUT2D eigenvalue weighted by atomic mass is 28.4. The van der Waals surface area contributed by atoms with E-state index in [4.69, 9.17) is 9.16 Å². The minimum Gasteiger partial charge on any atom is -0.520 e. The Labute approximate surface area is 102 Å². The minimum absolute atomic E-state index is 0.507. The van der Waals surface area contributed by atoms with E-state index in [0.717, 1.165) is 13.0 Å². The maximum Gasteiger partial charge on any atom is 0.257 e. The Hall–Kier alpha value is -0.443. The van der Waals surface area contributed by atoms with Gasteiger partial charge in [0.2, 0.25) is 8.32 Å². The first kappa shape index (κ1) is 15.6. The smallest absolute Gasteiger partial charge is 0.257 e. The SMILES string of the molecule is C=C(OCCCCCCCC)O[Si](C)(C)C. The van der Waals surface area contributed by atoms with Gasteiger partial charge < -0.3 is 9.16 Å². The molecule has 0 aromatic heterocycles. The van der Waals surface area contributed by atoms with Crippen LogP contribution < -0.4 is 0 Å². The Morgan fingerprint density at radius 2 is 1.56 bits per heavy atom. The molecular weight excluding hydrogens is 216 g/mol. The average Bonchev–Trinajstić information content (AvgIpc) is 2.13. The van der Waals surface area contributed by atoms with Crippen LogP contribution in [0.4, 0.5) is 0 Å². The lowest BCUT2D eigenvalue weighted by Crippen LogP contribution is -2.25. The zero-order valence-electron chi connectivity index (χ0n) is 11.5. The average molecular weight is 244 g/mol. The van der Waals surface area contributed by atoms with Crippen LogP contribution in [-0.2, 0) is 9.16 Å². The molecule has 0 amide bonds. The van der Waals surface area contributed by atoms with Crippen LogP contribution in [0.2, 0.25) is 19.6 Å². The fraction of sp³-hybridized carbons (Fsp3) is 0.846. The van der Waals surface area contributed by atoms with Crippen molar-refractivity contribution in [1.29, 1.82) is 0 Å².